The molecule has 2 aromatic rings. The lowest BCUT2D eigenvalue weighted by atomic mass is 10.1. The van der Waals surface area contributed by atoms with Crippen LogP contribution in [0.3, 0.4) is 0 Å². The average molecular weight is 372 g/mol. The minimum absolute atomic E-state index is 0.334. The van der Waals surface area contributed by atoms with Crippen molar-refractivity contribution < 1.29 is 19.4 Å². The Morgan fingerprint density at radius 2 is 1.96 bits per heavy atom. The quantitative estimate of drug-likeness (QED) is 0.474. The SMILES string of the molecule is NCCCC[C@H](NC(=O)Nc1ccc(OCc2cccnc2)cc1)C(=O)O. The van der Waals surface area contributed by atoms with E-state index >= 15 is 0 Å². The van der Waals surface area contributed by atoms with Crippen molar-refractivity contribution in [3.05, 3.63) is 54.4 Å². The smallest absolute Gasteiger partial charge is 0.326 e. The molecule has 0 radical (unpaired) electrons. The molecule has 0 saturated carbocycles. The topological polar surface area (TPSA) is 127 Å². The van der Waals surface area contributed by atoms with Crippen LogP contribution < -0.4 is 21.1 Å². The number of hydrogen-bond donors (Lipinski definition) is 4. The predicted molar refractivity (Wildman–Crippen MR) is 101 cm³/mol. The molecule has 144 valence electrons. The molecule has 0 aliphatic carbocycles. The molecule has 1 aromatic heterocycles. The predicted octanol–water partition coefficient (Wildman–Crippen LogP) is 2.36. The Kier molecular flexibility index (Phi) is 8.05. The highest BCUT2D eigenvalue weighted by molar-refractivity contribution is 5.92. The lowest BCUT2D eigenvalue weighted by Gasteiger charge is -2.15. The number of unbranched alkanes of at least 4 members (excludes halogenated alkanes) is 1. The van der Waals surface area contributed by atoms with Gasteiger partial charge in [-0.3, -0.25) is 4.98 Å². The first-order valence-corrected chi connectivity index (χ1v) is 8.70. The number of hydrogen-bond acceptors (Lipinski definition) is 5. The number of nitrogens with one attached hydrogen (secondary N) is 2. The maximum atomic E-state index is 12.0. The van der Waals surface area contributed by atoms with Crippen LogP contribution in [0, 0.1) is 0 Å². The zero-order valence-electron chi connectivity index (χ0n) is 14.9. The summed E-state index contributed by atoms with van der Waals surface area (Å²) in [5.74, 6) is -0.420. The molecule has 0 aliphatic heterocycles. The summed E-state index contributed by atoms with van der Waals surface area (Å²) >= 11 is 0. The molecule has 0 bridgehead atoms. The minimum Gasteiger partial charge on any atom is -0.489 e. The highest BCUT2D eigenvalue weighted by Gasteiger charge is 2.19. The van der Waals surface area contributed by atoms with Crippen molar-refractivity contribution >= 4 is 17.7 Å². The number of nitrogens with two attached hydrogens (primary N) is 1. The first kappa shape index (κ1) is 20.2. The highest BCUT2D eigenvalue weighted by atomic mass is 16.5. The van der Waals surface area contributed by atoms with Crippen molar-refractivity contribution in [3.8, 4) is 5.75 Å². The number of carbonyl (C=O) groups is 2. The van der Waals surface area contributed by atoms with Crippen LogP contribution in [0.25, 0.3) is 0 Å². The highest BCUT2D eigenvalue weighted by Crippen LogP contribution is 2.17. The van der Waals surface area contributed by atoms with E-state index in [1.807, 2.05) is 12.1 Å². The number of carbonyl (C=O) groups excluding carboxylic acids is 1. The summed E-state index contributed by atoms with van der Waals surface area (Å²) in [5.41, 5.74) is 6.89. The van der Waals surface area contributed by atoms with Crippen molar-refractivity contribution in [3.63, 3.8) is 0 Å². The van der Waals surface area contributed by atoms with Crippen LogP contribution in [0.15, 0.2) is 48.8 Å². The van der Waals surface area contributed by atoms with Crippen molar-refractivity contribution in [2.75, 3.05) is 11.9 Å². The molecule has 0 unspecified atom stereocenters. The van der Waals surface area contributed by atoms with Crippen LogP contribution in [0.4, 0.5) is 10.5 Å². The number of anilines is 1. The second kappa shape index (κ2) is 10.8. The summed E-state index contributed by atoms with van der Waals surface area (Å²) in [6.07, 6.45) is 5.11. The fourth-order valence-corrected chi connectivity index (χ4v) is 2.36. The molecular weight excluding hydrogens is 348 g/mol. The van der Waals surface area contributed by atoms with Gasteiger partial charge < -0.3 is 26.2 Å². The summed E-state index contributed by atoms with van der Waals surface area (Å²) in [6, 6.07) is 9.05. The third-order valence-electron chi connectivity index (χ3n) is 3.79. The van der Waals surface area contributed by atoms with Crippen molar-refractivity contribution in [1.82, 2.24) is 10.3 Å². The number of carboxylic acid groups (broad SMARTS) is 1. The van der Waals surface area contributed by atoms with E-state index < -0.39 is 18.0 Å². The lowest BCUT2D eigenvalue weighted by molar-refractivity contribution is -0.139. The van der Waals surface area contributed by atoms with Gasteiger partial charge in [-0.25, -0.2) is 9.59 Å². The van der Waals surface area contributed by atoms with Crippen LogP contribution >= 0.6 is 0 Å². The molecule has 8 heteroatoms. The summed E-state index contributed by atoms with van der Waals surface area (Å²) in [6.45, 7) is 0.887. The number of urea groups is 1. The largest absolute Gasteiger partial charge is 0.489 e. The number of benzene rings is 1. The fourth-order valence-electron chi connectivity index (χ4n) is 2.36. The molecule has 0 saturated heterocycles. The monoisotopic (exact) mass is 372 g/mol. The van der Waals surface area contributed by atoms with Crippen LogP contribution in [0.2, 0.25) is 0 Å². The summed E-state index contributed by atoms with van der Waals surface area (Å²) in [7, 11) is 0. The maximum absolute atomic E-state index is 12.0. The van der Waals surface area contributed by atoms with Gasteiger partial charge in [-0.15, -0.1) is 0 Å². The summed E-state index contributed by atoms with van der Waals surface area (Å²) in [5, 5.41) is 14.3. The Bertz CT molecular complexity index is 722. The zero-order chi connectivity index (χ0) is 19.5. The Balaban J connectivity index is 1.82. The van der Waals surface area contributed by atoms with Crippen molar-refractivity contribution in [2.45, 2.75) is 31.9 Å². The van der Waals surface area contributed by atoms with Crippen LogP contribution in [-0.2, 0) is 11.4 Å². The number of aliphatic carboxylic acids is 1. The molecule has 0 aliphatic rings. The number of ether oxygens (including phenoxy) is 1. The van der Waals surface area contributed by atoms with Crippen LogP contribution in [0.1, 0.15) is 24.8 Å². The van der Waals surface area contributed by atoms with E-state index in [0.717, 1.165) is 5.56 Å². The molecule has 0 spiro atoms. The van der Waals surface area contributed by atoms with E-state index in [1.54, 1.807) is 36.7 Å². The Morgan fingerprint density at radius 1 is 1.19 bits per heavy atom. The summed E-state index contributed by atoms with van der Waals surface area (Å²) < 4.78 is 5.65. The number of aromatic nitrogens is 1. The van der Waals surface area contributed by atoms with E-state index in [-0.39, 0.29) is 0 Å². The van der Waals surface area contributed by atoms with Gasteiger partial charge in [0.15, 0.2) is 0 Å². The third-order valence-corrected chi connectivity index (χ3v) is 3.79. The maximum Gasteiger partial charge on any atom is 0.326 e. The first-order valence-electron chi connectivity index (χ1n) is 8.70. The van der Waals surface area contributed by atoms with E-state index in [1.165, 1.54) is 0 Å². The van der Waals surface area contributed by atoms with Crippen molar-refractivity contribution in [1.29, 1.82) is 0 Å². The molecule has 2 rings (SSSR count). The van der Waals surface area contributed by atoms with Gasteiger partial charge in [0.2, 0.25) is 0 Å². The van der Waals surface area contributed by atoms with E-state index in [4.69, 9.17) is 10.5 Å². The molecule has 1 atom stereocenters. The standard InChI is InChI=1S/C19H24N4O4/c20-10-2-1-5-17(18(24)25)23-19(26)22-15-6-8-16(9-7-15)27-13-14-4-3-11-21-12-14/h3-4,6-9,11-12,17H,1-2,5,10,13,20H2,(H,24,25)(H2,22,23,26)/t17-/m0/s1. The van der Waals surface area contributed by atoms with Crippen LogP contribution in [0.5, 0.6) is 5.75 Å². The fraction of sp³-hybridized carbons (Fsp3) is 0.316. The first-order chi connectivity index (χ1) is 13.1. The van der Waals surface area contributed by atoms with Gasteiger partial charge in [0.1, 0.15) is 18.4 Å². The normalized spacial score (nSPS) is 11.4. The number of rotatable bonds is 10. The average Bonchev–Trinajstić information content (AvgIpc) is 2.67. The Hall–Kier alpha value is -3.13. The second-order valence-electron chi connectivity index (χ2n) is 5.95. The van der Waals surface area contributed by atoms with Gasteiger partial charge in [-0.1, -0.05) is 6.07 Å². The number of amides is 2. The van der Waals surface area contributed by atoms with E-state index in [0.29, 0.717) is 43.9 Å². The Morgan fingerprint density at radius 3 is 2.59 bits per heavy atom. The van der Waals surface area contributed by atoms with Gasteiger partial charge in [0.25, 0.3) is 0 Å². The van der Waals surface area contributed by atoms with Crippen LogP contribution in [-0.4, -0.2) is 34.7 Å². The van der Waals surface area contributed by atoms with Crippen molar-refractivity contribution in [2.24, 2.45) is 5.73 Å². The molecule has 0 fully saturated rings. The van der Waals surface area contributed by atoms with Gasteiger partial charge >= 0.3 is 12.0 Å². The second-order valence-corrected chi connectivity index (χ2v) is 5.95. The lowest BCUT2D eigenvalue weighted by Crippen LogP contribution is -2.43. The number of nitrogens with zero attached hydrogens (tertiary/aromatic N) is 1. The molecular formula is C19H24N4O4. The van der Waals surface area contributed by atoms with Gasteiger partial charge in [-0.05, 0) is 56.1 Å². The summed E-state index contributed by atoms with van der Waals surface area (Å²) in [4.78, 5) is 27.2. The molecule has 5 N–H and O–H groups in total. The minimum atomic E-state index is -1.07. The molecule has 1 heterocycles. The van der Waals surface area contributed by atoms with Gasteiger partial charge in [0.05, 0.1) is 0 Å². The number of pyridine rings is 1. The zero-order valence-corrected chi connectivity index (χ0v) is 14.9. The van der Waals surface area contributed by atoms with E-state index in [2.05, 4.69) is 15.6 Å². The van der Waals surface area contributed by atoms with E-state index in [9.17, 15) is 14.7 Å². The molecule has 27 heavy (non-hydrogen) atoms. The molecule has 1 aromatic carbocycles. The molecule has 8 nitrogen and oxygen atoms in total. The van der Waals surface area contributed by atoms with Gasteiger partial charge in [0, 0.05) is 23.6 Å². The molecule has 2 amide bonds. The van der Waals surface area contributed by atoms with Gasteiger partial charge in [-0.2, -0.15) is 0 Å². The Labute approximate surface area is 157 Å². The number of carboxylic acids is 1. The third kappa shape index (κ3) is 7.33.